The minimum Gasteiger partial charge on any atom is -0.339 e. The Morgan fingerprint density at radius 3 is 2.72 bits per heavy atom. The maximum Gasteiger partial charge on any atom is 0.253 e. The van der Waals surface area contributed by atoms with Crippen LogP contribution in [0.4, 0.5) is 0 Å². The zero-order chi connectivity index (χ0) is 12.5. The minimum absolute atomic E-state index is 0.197. The molecule has 1 saturated heterocycles. The van der Waals surface area contributed by atoms with Gasteiger partial charge in [0, 0.05) is 30.6 Å². The summed E-state index contributed by atoms with van der Waals surface area (Å²) < 4.78 is 0. The van der Waals surface area contributed by atoms with Crippen LogP contribution in [0, 0.1) is 5.92 Å². The molecule has 2 aliphatic carbocycles. The van der Waals surface area contributed by atoms with Gasteiger partial charge in [0.2, 0.25) is 0 Å². The molecule has 2 atom stereocenters. The van der Waals surface area contributed by atoms with Crippen LogP contribution in [0.2, 0.25) is 0 Å². The summed E-state index contributed by atoms with van der Waals surface area (Å²) in [6.07, 6.45) is 12.5. The Kier molecular flexibility index (Phi) is 3.08. The number of carbonyl (C=O) groups is 1. The topological polar surface area (TPSA) is 46.3 Å². The van der Waals surface area contributed by atoms with Gasteiger partial charge in [-0.1, -0.05) is 18.2 Å². The average Bonchev–Trinajstić information content (AvgIpc) is 2.92. The summed E-state index contributed by atoms with van der Waals surface area (Å²) in [4.78, 5) is 14.3. The molecule has 0 radical (unpaired) electrons. The Labute approximate surface area is 108 Å². The highest BCUT2D eigenvalue weighted by atomic mass is 16.2. The maximum absolute atomic E-state index is 12.4. The molecule has 0 aromatic heterocycles. The van der Waals surface area contributed by atoms with E-state index in [1.54, 1.807) is 0 Å². The van der Waals surface area contributed by atoms with Gasteiger partial charge in [0.05, 0.1) is 0 Å². The van der Waals surface area contributed by atoms with E-state index in [1.807, 2.05) is 11.0 Å². The molecule has 0 aromatic carbocycles. The first kappa shape index (κ1) is 11.7. The molecule has 0 spiro atoms. The quantitative estimate of drug-likeness (QED) is 0.804. The van der Waals surface area contributed by atoms with Gasteiger partial charge in [-0.2, -0.15) is 0 Å². The third-order valence-electron chi connectivity index (χ3n) is 4.01. The summed E-state index contributed by atoms with van der Waals surface area (Å²) >= 11 is 0. The Morgan fingerprint density at radius 1 is 1.33 bits per heavy atom. The molecule has 2 N–H and O–H groups in total. The average molecular weight is 244 g/mol. The van der Waals surface area contributed by atoms with E-state index in [2.05, 4.69) is 18.2 Å². The van der Waals surface area contributed by atoms with Crippen molar-refractivity contribution in [1.82, 2.24) is 4.90 Å². The van der Waals surface area contributed by atoms with E-state index in [0.29, 0.717) is 12.0 Å². The number of nitrogens with zero attached hydrogens (tertiary/aromatic N) is 1. The van der Waals surface area contributed by atoms with Crippen molar-refractivity contribution in [2.45, 2.75) is 31.7 Å². The van der Waals surface area contributed by atoms with Crippen LogP contribution >= 0.6 is 0 Å². The van der Waals surface area contributed by atoms with Crippen LogP contribution in [0.1, 0.15) is 25.7 Å². The monoisotopic (exact) mass is 244 g/mol. The smallest absolute Gasteiger partial charge is 0.253 e. The lowest BCUT2D eigenvalue weighted by molar-refractivity contribution is -0.125. The fourth-order valence-electron chi connectivity index (χ4n) is 2.77. The predicted molar refractivity (Wildman–Crippen MR) is 71.8 cm³/mol. The molecule has 96 valence electrons. The van der Waals surface area contributed by atoms with Gasteiger partial charge in [0.1, 0.15) is 0 Å². The highest BCUT2D eigenvalue weighted by Gasteiger charge is 2.36. The third kappa shape index (κ3) is 2.27. The molecule has 1 saturated carbocycles. The van der Waals surface area contributed by atoms with Crippen molar-refractivity contribution in [2.75, 3.05) is 13.1 Å². The van der Waals surface area contributed by atoms with Gasteiger partial charge in [0.25, 0.3) is 5.91 Å². The Balaban J connectivity index is 1.78. The number of allylic oxidation sites excluding steroid dienone is 3. The largest absolute Gasteiger partial charge is 0.339 e. The lowest BCUT2D eigenvalue weighted by Crippen LogP contribution is -2.28. The zero-order valence-corrected chi connectivity index (χ0v) is 10.6. The lowest BCUT2D eigenvalue weighted by Gasteiger charge is -2.16. The summed E-state index contributed by atoms with van der Waals surface area (Å²) in [5.41, 5.74) is 7.99. The lowest BCUT2D eigenvalue weighted by atomic mass is 10.1. The molecule has 1 amide bonds. The van der Waals surface area contributed by atoms with Crippen molar-refractivity contribution in [3.8, 4) is 0 Å². The molecule has 3 rings (SSSR count). The highest BCUT2D eigenvalue weighted by molar-refractivity contribution is 5.96. The number of amides is 1. The molecule has 2 unspecified atom stereocenters. The van der Waals surface area contributed by atoms with E-state index in [0.717, 1.165) is 44.3 Å². The molecule has 2 fully saturated rings. The Morgan fingerprint density at radius 2 is 2.06 bits per heavy atom. The highest BCUT2D eigenvalue weighted by Crippen LogP contribution is 2.37. The first-order chi connectivity index (χ1) is 8.75. The molecule has 3 nitrogen and oxygen atoms in total. The summed E-state index contributed by atoms with van der Waals surface area (Å²) in [7, 11) is 0. The maximum atomic E-state index is 12.4. The number of rotatable bonds is 2. The van der Waals surface area contributed by atoms with Crippen molar-refractivity contribution < 1.29 is 4.79 Å². The first-order valence-electron chi connectivity index (χ1n) is 6.89. The van der Waals surface area contributed by atoms with Crippen LogP contribution in [-0.2, 0) is 4.79 Å². The predicted octanol–water partition coefficient (Wildman–Crippen LogP) is 1.77. The zero-order valence-electron chi connectivity index (χ0n) is 10.6. The van der Waals surface area contributed by atoms with Crippen molar-refractivity contribution in [3.05, 3.63) is 35.5 Å². The van der Waals surface area contributed by atoms with Gasteiger partial charge >= 0.3 is 0 Å². The number of hydrogen-bond donors (Lipinski definition) is 1. The van der Waals surface area contributed by atoms with E-state index in [-0.39, 0.29) is 5.91 Å². The van der Waals surface area contributed by atoms with Gasteiger partial charge in [-0.3, -0.25) is 4.79 Å². The second kappa shape index (κ2) is 4.73. The second-order valence-corrected chi connectivity index (χ2v) is 5.45. The number of carbonyl (C=O) groups excluding carboxylic acids is 1. The van der Waals surface area contributed by atoms with Crippen molar-refractivity contribution in [1.29, 1.82) is 0 Å². The van der Waals surface area contributed by atoms with Crippen LogP contribution in [0.5, 0.6) is 0 Å². The fourth-order valence-corrected chi connectivity index (χ4v) is 2.77. The Hall–Kier alpha value is -1.35. The normalized spacial score (nSPS) is 30.8. The first-order valence-corrected chi connectivity index (χ1v) is 6.89. The number of likely N-dealkylation sites (tertiary alicyclic amines) is 1. The fraction of sp³-hybridized carbons (Fsp3) is 0.533. The van der Waals surface area contributed by atoms with Crippen molar-refractivity contribution in [3.63, 3.8) is 0 Å². The van der Waals surface area contributed by atoms with E-state index >= 15 is 0 Å². The molecule has 3 heteroatoms. The third-order valence-corrected chi connectivity index (χ3v) is 4.01. The van der Waals surface area contributed by atoms with Gasteiger partial charge in [-0.15, -0.1) is 0 Å². The summed E-state index contributed by atoms with van der Waals surface area (Å²) in [5, 5.41) is 0. The second-order valence-electron chi connectivity index (χ2n) is 5.45. The molecule has 0 aromatic rings. The molecule has 1 aliphatic heterocycles. The molecule has 0 bridgehead atoms. The number of nitrogens with two attached hydrogens (primary N) is 1. The summed E-state index contributed by atoms with van der Waals surface area (Å²) in [5.74, 6) is 0.664. The molecule has 18 heavy (non-hydrogen) atoms. The van der Waals surface area contributed by atoms with Gasteiger partial charge in [0.15, 0.2) is 0 Å². The summed E-state index contributed by atoms with van der Waals surface area (Å²) in [6, 6.07) is 0.294. The van der Waals surface area contributed by atoms with Gasteiger partial charge < -0.3 is 10.6 Å². The van der Waals surface area contributed by atoms with Crippen LogP contribution in [0.3, 0.4) is 0 Å². The van der Waals surface area contributed by atoms with Crippen LogP contribution in [-0.4, -0.2) is 29.9 Å². The summed E-state index contributed by atoms with van der Waals surface area (Å²) in [6.45, 7) is 1.82. The Bertz CT molecular complexity index is 441. The van der Waals surface area contributed by atoms with E-state index in [4.69, 9.17) is 5.73 Å². The van der Waals surface area contributed by atoms with Crippen molar-refractivity contribution in [2.24, 2.45) is 11.7 Å². The van der Waals surface area contributed by atoms with Crippen LogP contribution in [0.15, 0.2) is 35.5 Å². The van der Waals surface area contributed by atoms with Crippen molar-refractivity contribution >= 4 is 5.91 Å². The SMILES string of the molecule is NC1CC1C1=CC(C(=O)N2CCCC2)=CCC=C1. The van der Waals surface area contributed by atoms with Crippen LogP contribution in [0.25, 0.3) is 0 Å². The van der Waals surface area contributed by atoms with E-state index in [1.165, 1.54) is 5.57 Å². The number of hydrogen-bond acceptors (Lipinski definition) is 2. The van der Waals surface area contributed by atoms with Crippen LogP contribution < -0.4 is 5.73 Å². The van der Waals surface area contributed by atoms with E-state index < -0.39 is 0 Å². The van der Waals surface area contributed by atoms with Gasteiger partial charge in [-0.25, -0.2) is 0 Å². The minimum atomic E-state index is 0.197. The molecule has 3 aliphatic rings. The molecular formula is C15H20N2O. The molecule has 1 heterocycles. The molecular weight excluding hydrogens is 224 g/mol. The van der Waals surface area contributed by atoms with E-state index in [9.17, 15) is 4.79 Å². The standard InChI is InChI=1S/C15H20N2O/c16-14-10-13(14)11-5-1-2-6-12(9-11)15(18)17-7-3-4-8-17/h1,5-6,9,13-14H,2-4,7-8,10,16H2. The van der Waals surface area contributed by atoms with Gasteiger partial charge in [-0.05, 0) is 37.3 Å².